The molecule has 1 rings (SSSR count). The summed E-state index contributed by atoms with van der Waals surface area (Å²) in [5.74, 6) is -0.642. The molecule has 0 aliphatic rings. The highest BCUT2D eigenvalue weighted by molar-refractivity contribution is 9.10. The molecule has 5 N–H and O–H groups in total. The summed E-state index contributed by atoms with van der Waals surface area (Å²) in [6, 6.07) is 2.64. The number of benzene rings is 1. The molecule has 0 aliphatic carbocycles. The first-order valence-corrected chi connectivity index (χ1v) is 8.21. The van der Waals surface area contributed by atoms with E-state index in [2.05, 4.69) is 21.2 Å². The molecular weight excluding hydrogens is 398 g/mol. The summed E-state index contributed by atoms with van der Waals surface area (Å²) in [5, 5.41) is 21.0. The Balaban J connectivity index is 2.62. The van der Waals surface area contributed by atoms with Crippen molar-refractivity contribution in [2.45, 2.75) is 32.8 Å². The van der Waals surface area contributed by atoms with Crippen LogP contribution in [0.5, 0.6) is 5.75 Å². The van der Waals surface area contributed by atoms with Gasteiger partial charge in [-0.1, -0.05) is 0 Å². The largest absolute Gasteiger partial charge is 0.491 e. The van der Waals surface area contributed by atoms with Gasteiger partial charge in [-0.3, -0.25) is 15.2 Å². The summed E-state index contributed by atoms with van der Waals surface area (Å²) in [6.07, 6.45) is -0.114. The van der Waals surface area contributed by atoms with Crippen molar-refractivity contribution >= 4 is 33.6 Å². The third kappa shape index (κ3) is 7.16. The second kappa shape index (κ2) is 8.88. The van der Waals surface area contributed by atoms with Crippen molar-refractivity contribution in [3.05, 3.63) is 22.2 Å². The van der Waals surface area contributed by atoms with Gasteiger partial charge in [0.1, 0.15) is 11.4 Å². The number of rotatable bonds is 7. The number of nitrogens with one attached hydrogen (secondary N) is 1. The molecule has 0 aliphatic heterocycles. The first-order valence-electron chi connectivity index (χ1n) is 7.42. The topological polar surface area (TPSA) is 134 Å². The molecule has 0 spiro atoms. The van der Waals surface area contributed by atoms with Crippen LogP contribution in [0.15, 0.2) is 16.6 Å². The van der Waals surface area contributed by atoms with Crippen LogP contribution in [0.3, 0.4) is 0 Å². The molecule has 0 unspecified atom stereocenters. The van der Waals surface area contributed by atoms with Crippen molar-refractivity contribution < 1.29 is 29.5 Å². The highest BCUT2D eigenvalue weighted by atomic mass is 79.9. The van der Waals surface area contributed by atoms with Crippen LogP contribution in [0.25, 0.3) is 0 Å². The molecule has 2 amide bonds. The molecule has 1 aromatic rings. The molecule has 0 atom stereocenters. The van der Waals surface area contributed by atoms with Crippen LogP contribution in [0.1, 0.15) is 37.6 Å². The maximum absolute atomic E-state index is 11.5. The zero-order valence-electron chi connectivity index (χ0n) is 14.2. The molecule has 0 saturated heterocycles. The van der Waals surface area contributed by atoms with Crippen LogP contribution in [0, 0.1) is 0 Å². The van der Waals surface area contributed by atoms with Crippen LogP contribution in [-0.4, -0.2) is 41.2 Å². The zero-order chi connectivity index (χ0) is 19.2. The van der Waals surface area contributed by atoms with E-state index in [0.717, 1.165) is 0 Å². The number of halogens is 1. The van der Waals surface area contributed by atoms with Crippen molar-refractivity contribution in [1.82, 2.24) is 5.32 Å². The number of nitrogens with two attached hydrogens (primary N) is 1. The van der Waals surface area contributed by atoms with E-state index in [1.165, 1.54) is 12.1 Å². The Hall–Kier alpha value is -2.04. The number of carbonyl (C=O) groups is 2. The monoisotopic (exact) mass is 419 g/mol. The Morgan fingerprint density at radius 1 is 1.32 bits per heavy atom. The summed E-state index contributed by atoms with van der Waals surface area (Å²) in [5.41, 5.74) is 4.70. The van der Waals surface area contributed by atoms with Gasteiger partial charge in [0.05, 0.1) is 11.1 Å². The van der Waals surface area contributed by atoms with E-state index in [0.29, 0.717) is 13.0 Å². The third-order valence-electron chi connectivity index (χ3n) is 2.76. The molecule has 10 heteroatoms. The predicted molar refractivity (Wildman–Crippen MR) is 93.1 cm³/mol. The van der Waals surface area contributed by atoms with Gasteiger partial charge < -0.3 is 20.5 Å². The summed E-state index contributed by atoms with van der Waals surface area (Å²) in [6.45, 7) is 5.72. The van der Waals surface area contributed by atoms with E-state index in [4.69, 9.17) is 15.2 Å². The average Bonchev–Trinajstić information content (AvgIpc) is 2.43. The van der Waals surface area contributed by atoms with Crippen molar-refractivity contribution in [2.75, 3.05) is 18.4 Å². The molecule has 9 nitrogen and oxygen atoms in total. The lowest BCUT2D eigenvalue weighted by Crippen LogP contribution is -2.33. The van der Waals surface area contributed by atoms with Gasteiger partial charge in [0.25, 0.3) is 0 Å². The van der Waals surface area contributed by atoms with Crippen LogP contribution < -0.4 is 21.0 Å². The van der Waals surface area contributed by atoms with E-state index < -0.39 is 17.6 Å². The highest BCUT2D eigenvalue weighted by Crippen LogP contribution is 2.36. The van der Waals surface area contributed by atoms with Crippen molar-refractivity contribution in [1.29, 1.82) is 0 Å². The Labute approximate surface area is 153 Å². The second-order valence-electron chi connectivity index (χ2n) is 6.09. The summed E-state index contributed by atoms with van der Waals surface area (Å²) in [4.78, 5) is 22.8. The first kappa shape index (κ1) is 21.0. The molecule has 0 radical (unpaired) electrons. The molecule has 0 aromatic heterocycles. The fraction of sp³-hybridized carbons (Fsp3) is 0.467. The fourth-order valence-corrected chi connectivity index (χ4v) is 2.38. The minimum absolute atomic E-state index is 0.0467. The van der Waals surface area contributed by atoms with E-state index in [-0.39, 0.29) is 33.3 Å². The molecule has 0 heterocycles. The van der Waals surface area contributed by atoms with Crippen molar-refractivity contribution in [2.24, 2.45) is 5.73 Å². The lowest BCUT2D eigenvalue weighted by Gasteiger charge is -2.20. The molecule has 25 heavy (non-hydrogen) atoms. The summed E-state index contributed by atoms with van der Waals surface area (Å²) >= 11 is 3.11. The Morgan fingerprint density at radius 3 is 2.48 bits per heavy atom. The standard InChI is InChI=1S/C15H22BrN3O6/c1-15(2,3)25-14(21)18-5-4-6-24-11-8-9(13(17)20)7-10(16)12(11)19(22)23/h7-8,22-23H,4-6H2,1-3H3,(H2,17,20)(H,18,21). The third-order valence-corrected chi connectivity index (χ3v) is 3.36. The van der Waals surface area contributed by atoms with Crippen LogP contribution >= 0.6 is 15.9 Å². The number of anilines is 1. The lowest BCUT2D eigenvalue weighted by atomic mass is 10.2. The maximum atomic E-state index is 11.5. The highest BCUT2D eigenvalue weighted by Gasteiger charge is 2.18. The van der Waals surface area contributed by atoms with Crippen LogP contribution in [0.2, 0.25) is 0 Å². The molecule has 140 valence electrons. The van der Waals surface area contributed by atoms with Gasteiger partial charge in [0.15, 0.2) is 5.69 Å². The number of nitrogens with zero attached hydrogens (tertiary/aromatic N) is 1. The van der Waals surface area contributed by atoms with E-state index in [1.807, 2.05) is 0 Å². The van der Waals surface area contributed by atoms with Gasteiger partial charge >= 0.3 is 6.09 Å². The van der Waals surface area contributed by atoms with Gasteiger partial charge in [-0.2, -0.15) is 0 Å². The van der Waals surface area contributed by atoms with E-state index in [9.17, 15) is 20.0 Å². The molecular formula is C15H22BrN3O6. The maximum Gasteiger partial charge on any atom is 0.407 e. The molecule has 0 fully saturated rings. The predicted octanol–water partition coefficient (Wildman–Crippen LogP) is 2.43. The minimum Gasteiger partial charge on any atom is -0.491 e. The number of carbonyl (C=O) groups excluding carboxylic acids is 2. The Kier molecular flexibility index (Phi) is 7.46. The molecule has 0 saturated carbocycles. The zero-order valence-corrected chi connectivity index (χ0v) is 15.8. The number of alkyl carbamates (subject to hydrolysis) is 1. The average molecular weight is 420 g/mol. The molecule has 1 aromatic carbocycles. The van der Waals surface area contributed by atoms with Crippen LogP contribution in [-0.2, 0) is 4.74 Å². The smallest absolute Gasteiger partial charge is 0.407 e. The normalized spacial score (nSPS) is 11.0. The number of ether oxygens (including phenoxy) is 2. The summed E-state index contributed by atoms with van der Waals surface area (Å²) in [7, 11) is 0. The van der Waals surface area contributed by atoms with Gasteiger partial charge in [-0.05, 0) is 55.3 Å². The summed E-state index contributed by atoms with van der Waals surface area (Å²) < 4.78 is 10.8. The SMILES string of the molecule is CC(C)(C)OC(=O)NCCCOc1cc(C(N)=O)cc(Br)c1N(O)O. The van der Waals surface area contributed by atoms with Gasteiger partial charge in [0, 0.05) is 12.1 Å². The minimum atomic E-state index is -0.689. The Morgan fingerprint density at radius 2 is 1.96 bits per heavy atom. The fourth-order valence-electron chi connectivity index (χ4n) is 1.78. The second-order valence-corrected chi connectivity index (χ2v) is 6.94. The number of hydrogen-bond donors (Lipinski definition) is 4. The Bertz CT molecular complexity index is 630. The van der Waals surface area contributed by atoms with E-state index in [1.54, 1.807) is 20.8 Å². The number of amides is 2. The van der Waals surface area contributed by atoms with Crippen molar-refractivity contribution in [3.63, 3.8) is 0 Å². The van der Waals surface area contributed by atoms with Crippen LogP contribution in [0.4, 0.5) is 10.5 Å². The van der Waals surface area contributed by atoms with Gasteiger partial charge in [-0.25, -0.2) is 4.79 Å². The van der Waals surface area contributed by atoms with E-state index >= 15 is 0 Å². The van der Waals surface area contributed by atoms with Gasteiger partial charge in [-0.15, -0.1) is 5.23 Å². The van der Waals surface area contributed by atoms with Crippen molar-refractivity contribution in [3.8, 4) is 5.75 Å². The lowest BCUT2D eigenvalue weighted by molar-refractivity contribution is 0.0271. The number of hydrogen-bond acceptors (Lipinski definition) is 7. The molecule has 0 bridgehead atoms. The number of primary amides is 1. The quantitative estimate of drug-likeness (QED) is 0.393. The van der Waals surface area contributed by atoms with Gasteiger partial charge in [0.2, 0.25) is 5.91 Å². The first-order chi connectivity index (χ1) is 11.5.